The molecule has 0 spiro atoms. The Balaban J connectivity index is 1.66. The number of H-pyrrole nitrogens is 1. The number of hydrogen-bond acceptors (Lipinski definition) is 6. The van der Waals surface area contributed by atoms with Gasteiger partial charge in [-0.3, -0.25) is 9.78 Å². The van der Waals surface area contributed by atoms with Crippen LogP contribution >= 0.6 is 0 Å². The summed E-state index contributed by atoms with van der Waals surface area (Å²) in [6.07, 6.45) is 6.28. The van der Waals surface area contributed by atoms with Gasteiger partial charge >= 0.3 is 0 Å². The highest BCUT2D eigenvalue weighted by Crippen LogP contribution is 2.34. The summed E-state index contributed by atoms with van der Waals surface area (Å²) in [5.74, 6) is 1.67. The molecule has 0 fully saturated rings. The van der Waals surface area contributed by atoms with E-state index in [1.165, 1.54) is 12.5 Å². The van der Waals surface area contributed by atoms with Crippen LogP contribution in [0.15, 0.2) is 87.0 Å². The van der Waals surface area contributed by atoms with Crippen molar-refractivity contribution < 1.29 is 8.83 Å². The first-order valence-electron chi connectivity index (χ1n) is 10.1. The van der Waals surface area contributed by atoms with Crippen LogP contribution in [0.4, 0.5) is 0 Å². The van der Waals surface area contributed by atoms with Crippen LogP contribution in [-0.2, 0) is 0 Å². The van der Waals surface area contributed by atoms with Gasteiger partial charge in [0, 0.05) is 23.3 Å². The highest BCUT2D eigenvalue weighted by atomic mass is 16.3. The first kappa shape index (κ1) is 18.3. The lowest BCUT2D eigenvalue weighted by atomic mass is 9.99. The molecule has 1 N–H and O–H groups in total. The van der Waals surface area contributed by atoms with Crippen molar-refractivity contribution in [3.05, 3.63) is 89.4 Å². The van der Waals surface area contributed by atoms with Crippen molar-refractivity contribution in [3.8, 4) is 34.0 Å². The van der Waals surface area contributed by atoms with Crippen LogP contribution in [0.5, 0.6) is 0 Å². The monoisotopic (exact) mass is 420 g/mol. The number of aryl methyl sites for hydroxylation is 1. The van der Waals surface area contributed by atoms with Gasteiger partial charge in [-0.2, -0.15) is 0 Å². The molecule has 0 saturated heterocycles. The lowest BCUT2D eigenvalue weighted by Gasteiger charge is -2.11. The van der Waals surface area contributed by atoms with Gasteiger partial charge < -0.3 is 13.8 Å². The Morgan fingerprint density at radius 2 is 1.91 bits per heavy atom. The lowest BCUT2D eigenvalue weighted by Crippen LogP contribution is -2.08. The summed E-state index contributed by atoms with van der Waals surface area (Å²) < 4.78 is 11.2. The van der Waals surface area contributed by atoms with E-state index in [0.29, 0.717) is 28.1 Å². The fourth-order valence-electron chi connectivity index (χ4n) is 3.88. The quantitative estimate of drug-likeness (QED) is 0.414. The van der Waals surface area contributed by atoms with Crippen LogP contribution in [0.1, 0.15) is 5.76 Å². The summed E-state index contributed by atoms with van der Waals surface area (Å²) in [5, 5.41) is 1.43. The summed E-state index contributed by atoms with van der Waals surface area (Å²) in [7, 11) is 0. The Kier molecular flexibility index (Phi) is 4.01. The third kappa shape index (κ3) is 2.91. The molecular weight excluding hydrogens is 404 g/mol. The highest BCUT2D eigenvalue weighted by Gasteiger charge is 2.18. The van der Waals surface area contributed by atoms with E-state index < -0.39 is 0 Å². The largest absolute Gasteiger partial charge is 0.460 e. The summed E-state index contributed by atoms with van der Waals surface area (Å²) in [4.78, 5) is 29.7. The molecule has 32 heavy (non-hydrogen) atoms. The molecule has 0 saturated carbocycles. The van der Waals surface area contributed by atoms with Crippen molar-refractivity contribution in [2.75, 3.05) is 0 Å². The van der Waals surface area contributed by atoms with Crippen LogP contribution < -0.4 is 5.43 Å². The third-order valence-corrected chi connectivity index (χ3v) is 5.42. The Labute approximate surface area is 181 Å². The number of benzene rings is 1. The van der Waals surface area contributed by atoms with Crippen LogP contribution in [0, 0.1) is 6.92 Å². The van der Waals surface area contributed by atoms with E-state index in [-0.39, 0.29) is 11.3 Å². The van der Waals surface area contributed by atoms with E-state index in [9.17, 15) is 4.79 Å². The molecule has 6 rings (SSSR count). The van der Waals surface area contributed by atoms with Gasteiger partial charge in [-0.1, -0.05) is 12.1 Å². The number of aromatic nitrogens is 4. The summed E-state index contributed by atoms with van der Waals surface area (Å²) in [6, 6.07) is 15.5. The SMILES string of the molecule is Cc1ccc(-c2nc3[nH]cc(-c4ncco4)c(=O)c3cc2-c2ccc3ncccc3c2)o1. The van der Waals surface area contributed by atoms with Crippen molar-refractivity contribution in [1.82, 2.24) is 19.9 Å². The molecule has 5 heterocycles. The minimum Gasteiger partial charge on any atom is -0.460 e. The van der Waals surface area contributed by atoms with Crippen molar-refractivity contribution in [2.24, 2.45) is 0 Å². The standard InChI is InChI=1S/C25H16N4O3/c1-14-4-7-21(32-14)22-17(15-5-6-20-16(11-15)3-2-8-26-20)12-18-23(30)19(13-28-24(18)29-22)25-27-9-10-31-25/h2-13H,1H3,(H,28,29,30). The molecule has 6 aromatic rings. The van der Waals surface area contributed by atoms with Gasteiger partial charge in [0.05, 0.1) is 17.1 Å². The Morgan fingerprint density at radius 1 is 0.969 bits per heavy atom. The molecule has 1 aromatic carbocycles. The first-order chi connectivity index (χ1) is 15.7. The van der Waals surface area contributed by atoms with Crippen LogP contribution in [0.3, 0.4) is 0 Å². The van der Waals surface area contributed by atoms with Gasteiger partial charge in [0.2, 0.25) is 11.3 Å². The van der Waals surface area contributed by atoms with E-state index >= 15 is 0 Å². The van der Waals surface area contributed by atoms with E-state index in [4.69, 9.17) is 13.8 Å². The minimum absolute atomic E-state index is 0.209. The maximum Gasteiger partial charge on any atom is 0.231 e. The van der Waals surface area contributed by atoms with Gasteiger partial charge in [0.1, 0.15) is 28.9 Å². The zero-order valence-electron chi connectivity index (χ0n) is 17.0. The van der Waals surface area contributed by atoms with Crippen LogP contribution in [0.25, 0.3) is 56.0 Å². The Morgan fingerprint density at radius 3 is 2.72 bits per heavy atom. The van der Waals surface area contributed by atoms with E-state index in [2.05, 4.69) is 15.0 Å². The molecule has 0 bridgehead atoms. The van der Waals surface area contributed by atoms with Crippen molar-refractivity contribution in [3.63, 3.8) is 0 Å². The maximum absolute atomic E-state index is 13.3. The smallest absolute Gasteiger partial charge is 0.231 e. The molecule has 5 aromatic heterocycles. The van der Waals surface area contributed by atoms with Gasteiger partial charge in [0.15, 0.2) is 5.76 Å². The number of hydrogen-bond donors (Lipinski definition) is 1. The summed E-state index contributed by atoms with van der Waals surface area (Å²) in [6.45, 7) is 1.89. The van der Waals surface area contributed by atoms with E-state index in [0.717, 1.165) is 27.8 Å². The fraction of sp³-hybridized carbons (Fsp3) is 0.0400. The van der Waals surface area contributed by atoms with E-state index in [1.54, 1.807) is 12.4 Å². The number of fused-ring (bicyclic) bond motifs is 2. The Bertz CT molecular complexity index is 1660. The molecular formula is C25H16N4O3. The van der Waals surface area contributed by atoms with E-state index in [1.807, 2.05) is 55.5 Å². The number of nitrogens with one attached hydrogen (secondary N) is 1. The molecule has 0 aliphatic rings. The molecule has 154 valence electrons. The average Bonchev–Trinajstić information content (AvgIpc) is 3.50. The number of furan rings is 1. The van der Waals surface area contributed by atoms with Gasteiger partial charge in [-0.05, 0) is 48.9 Å². The predicted octanol–water partition coefficient (Wildman–Crippen LogP) is 5.36. The minimum atomic E-state index is -0.209. The number of aromatic amines is 1. The number of rotatable bonds is 3. The molecule has 0 unspecified atom stereocenters. The second-order valence-corrected chi connectivity index (χ2v) is 7.47. The second kappa shape index (κ2) is 7.02. The van der Waals surface area contributed by atoms with Gasteiger partial charge in [-0.15, -0.1) is 0 Å². The molecule has 0 aliphatic heterocycles. The molecule has 0 radical (unpaired) electrons. The summed E-state index contributed by atoms with van der Waals surface area (Å²) >= 11 is 0. The molecule has 0 amide bonds. The number of oxazole rings is 1. The fourth-order valence-corrected chi connectivity index (χ4v) is 3.88. The average molecular weight is 420 g/mol. The summed E-state index contributed by atoms with van der Waals surface area (Å²) in [5.41, 5.74) is 3.83. The van der Waals surface area contributed by atoms with Crippen LogP contribution in [-0.4, -0.2) is 19.9 Å². The number of nitrogens with zero attached hydrogens (tertiary/aromatic N) is 3. The van der Waals surface area contributed by atoms with Crippen molar-refractivity contribution in [2.45, 2.75) is 6.92 Å². The zero-order chi connectivity index (χ0) is 21.7. The zero-order valence-corrected chi connectivity index (χ0v) is 17.0. The third-order valence-electron chi connectivity index (χ3n) is 5.42. The number of pyridine rings is 3. The molecule has 0 atom stereocenters. The van der Waals surface area contributed by atoms with Gasteiger partial charge in [-0.25, -0.2) is 9.97 Å². The second-order valence-electron chi connectivity index (χ2n) is 7.47. The normalized spacial score (nSPS) is 11.4. The highest BCUT2D eigenvalue weighted by molar-refractivity contribution is 5.93. The van der Waals surface area contributed by atoms with Crippen molar-refractivity contribution >= 4 is 21.9 Å². The molecule has 0 aliphatic carbocycles. The van der Waals surface area contributed by atoms with Crippen LogP contribution in [0.2, 0.25) is 0 Å². The lowest BCUT2D eigenvalue weighted by molar-refractivity contribution is 0.547. The molecule has 7 heteroatoms. The maximum atomic E-state index is 13.3. The topological polar surface area (TPSA) is 97.8 Å². The molecule has 7 nitrogen and oxygen atoms in total. The Hall–Kier alpha value is -4.52. The first-order valence-corrected chi connectivity index (χ1v) is 10.1. The van der Waals surface area contributed by atoms with Crippen molar-refractivity contribution in [1.29, 1.82) is 0 Å². The predicted molar refractivity (Wildman–Crippen MR) is 121 cm³/mol. The van der Waals surface area contributed by atoms with Gasteiger partial charge in [0.25, 0.3) is 0 Å².